The number of aromatic amines is 1. The Balaban J connectivity index is 1.45. The fraction of sp³-hybridized carbons (Fsp3) is 0.550. The molecular weight excluding hydrogens is 342 g/mol. The van der Waals surface area contributed by atoms with Crippen molar-refractivity contribution in [2.24, 2.45) is 0 Å². The molecule has 0 radical (unpaired) electrons. The van der Waals surface area contributed by atoms with Gasteiger partial charge < -0.3 is 20.1 Å². The number of nitrogens with one attached hydrogen (secondary N) is 2. The van der Waals surface area contributed by atoms with E-state index in [-0.39, 0.29) is 18.0 Å². The van der Waals surface area contributed by atoms with Gasteiger partial charge in [-0.2, -0.15) is 0 Å². The van der Waals surface area contributed by atoms with Gasteiger partial charge in [0, 0.05) is 31.7 Å². The second kappa shape index (κ2) is 7.58. The number of carbonyl (C=O) groups excluding carboxylic acids is 2. The van der Waals surface area contributed by atoms with Crippen molar-refractivity contribution in [2.75, 3.05) is 25.0 Å². The van der Waals surface area contributed by atoms with Gasteiger partial charge in [0.1, 0.15) is 11.9 Å². The lowest BCUT2D eigenvalue weighted by molar-refractivity contribution is -0.136. The highest BCUT2D eigenvalue weighted by molar-refractivity contribution is 5.95. The average molecular weight is 369 g/mol. The van der Waals surface area contributed by atoms with E-state index >= 15 is 0 Å². The van der Waals surface area contributed by atoms with Crippen LogP contribution in [0.4, 0.5) is 10.5 Å². The molecular formula is C20H27N5O2. The van der Waals surface area contributed by atoms with E-state index in [1.165, 1.54) is 6.42 Å². The maximum Gasteiger partial charge on any atom is 0.322 e. The van der Waals surface area contributed by atoms with Crippen molar-refractivity contribution in [1.82, 2.24) is 19.8 Å². The monoisotopic (exact) mass is 369 g/mol. The number of aryl methyl sites for hydroxylation is 1. The lowest BCUT2D eigenvalue weighted by Crippen LogP contribution is -2.50. The Labute approximate surface area is 159 Å². The third kappa shape index (κ3) is 3.63. The number of imidazole rings is 1. The van der Waals surface area contributed by atoms with Gasteiger partial charge in [-0.15, -0.1) is 0 Å². The molecule has 7 nitrogen and oxygen atoms in total. The number of H-pyrrole nitrogens is 1. The minimum atomic E-state index is -0.328. The van der Waals surface area contributed by atoms with Crippen molar-refractivity contribution in [3.8, 4) is 0 Å². The van der Waals surface area contributed by atoms with Gasteiger partial charge in [0.2, 0.25) is 5.91 Å². The summed E-state index contributed by atoms with van der Waals surface area (Å²) in [5.74, 6) is 1.04. The van der Waals surface area contributed by atoms with E-state index in [1.807, 2.05) is 30.0 Å². The molecule has 0 aliphatic carbocycles. The van der Waals surface area contributed by atoms with Gasteiger partial charge in [0.25, 0.3) is 0 Å². The first kappa shape index (κ1) is 17.8. The fourth-order valence-electron chi connectivity index (χ4n) is 4.09. The van der Waals surface area contributed by atoms with E-state index in [2.05, 4.69) is 15.3 Å². The zero-order valence-electron chi connectivity index (χ0n) is 15.8. The van der Waals surface area contributed by atoms with E-state index in [9.17, 15) is 9.59 Å². The summed E-state index contributed by atoms with van der Waals surface area (Å²) in [6, 6.07) is 5.14. The number of amides is 3. The lowest BCUT2D eigenvalue weighted by Gasteiger charge is -2.32. The van der Waals surface area contributed by atoms with E-state index < -0.39 is 0 Å². The van der Waals surface area contributed by atoms with Gasteiger partial charge in [0.05, 0.1) is 11.0 Å². The molecule has 4 rings (SSSR count). The second-order valence-corrected chi connectivity index (χ2v) is 7.44. The number of aromatic nitrogens is 2. The summed E-state index contributed by atoms with van der Waals surface area (Å²) >= 11 is 0. The van der Waals surface area contributed by atoms with Gasteiger partial charge >= 0.3 is 6.03 Å². The summed E-state index contributed by atoms with van der Waals surface area (Å²) in [6.07, 6.45) is 5.78. The summed E-state index contributed by atoms with van der Waals surface area (Å²) in [4.78, 5) is 37.1. The zero-order chi connectivity index (χ0) is 18.8. The van der Waals surface area contributed by atoms with Crippen molar-refractivity contribution in [3.05, 3.63) is 24.0 Å². The van der Waals surface area contributed by atoms with Crippen LogP contribution < -0.4 is 5.32 Å². The van der Waals surface area contributed by atoms with Crippen molar-refractivity contribution >= 4 is 28.7 Å². The molecule has 1 aromatic heterocycles. The Hall–Kier alpha value is -2.57. The molecule has 2 fully saturated rings. The molecule has 2 aliphatic heterocycles. The number of likely N-dealkylation sites (tertiary alicyclic amines) is 2. The summed E-state index contributed by atoms with van der Waals surface area (Å²) in [5, 5.41) is 2.96. The molecule has 144 valence electrons. The maximum atomic E-state index is 12.9. The molecule has 3 heterocycles. The third-order valence-electron chi connectivity index (χ3n) is 5.58. The predicted octanol–water partition coefficient (Wildman–Crippen LogP) is 3.13. The Morgan fingerprint density at radius 3 is 2.78 bits per heavy atom. The molecule has 27 heavy (non-hydrogen) atoms. The number of nitrogens with zero attached hydrogens (tertiary/aromatic N) is 3. The van der Waals surface area contributed by atoms with E-state index in [0.717, 1.165) is 67.7 Å². The van der Waals surface area contributed by atoms with Crippen LogP contribution in [0, 0.1) is 0 Å². The van der Waals surface area contributed by atoms with E-state index in [0.29, 0.717) is 6.54 Å². The highest BCUT2D eigenvalue weighted by Crippen LogP contribution is 2.23. The van der Waals surface area contributed by atoms with Gasteiger partial charge in [-0.3, -0.25) is 4.79 Å². The molecule has 1 aromatic carbocycles. The predicted molar refractivity (Wildman–Crippen MR) is 105 cm³/mol. The molecule has 2 aliphatic rings. The first-order valence-electron chi connectivity index (χ1n) is 10.0. The number of rotatable bonds is 3. The highest BCUT2D eigenvalue weighted by Gasteiger charge is 2.36. The van der Waals surface area contributed by atoms with Gasteiger partial charge in [-0.05, 0) is 50.3 Å². The van der Waals surface area contributed by atoms with Gasteiger partial charge in [-0.25, -0.2) is 9.78 Å². The van der Waals surface area contributed by atoms with Crippen LogP contribution in [0.15, 0.2) is 18.2 Å². The Morgan fingerprint density at radius 1 is 1.19 bits per heavy atom. The second-order valence-electron chi connectivity index (χ2n) is 7.44. The van der Waals surface area contributed by atoms with Gasteiger partial charge in [-0.1, -0.05) is 6.92 Å². The first-order chi connectivity index (χ1) is 13.2. The smallest absolute Gasteiger partial charge is 0.322 e. The van der Waals surface area contributed by atoms with Crippen LogP contribution in [0.3, 0.4) is 0 Å². The number of urea groups is 1. The van der Waals surface area contributed by atoms with Crippen LogP contribution in [0.5, 0.6) is 0 Å². The topological polar surface area (TPSA) is 81.3 Å². The van der Waals surface area contributed by atoms with Crippen LogP contribution in [-0.4, -0.2) is 57.4 Å². The molecule has 0 unspecified atom stereocenters. The number of hydrogen-bond donors (Lipinski definition) is 2. The number of anilines is 1. The molecule has 1 atom stereocenters. The largest absolute Gasteiger partial charge is 0.342 e. The van der Waals surface area contributed by atoms with Crippen LogP contribution in [0.2, 0.25) is 0 Å². The molecule has 2 N–H and O–H groups in total. The molecule has 2 saturated heterocycles. The Bertz CT molecular complexity index is 840. The zero-order valence-corrected chi connectivity index (χ0v) is 15.8. The lowest BCUT2D eigenvalue weighted by atomic mass is 10.1. The molecule has 3 amide bonds. The van der Waals surface area contributed by atoms with E-state index in [4.69, 9.17) is 0 Å². The number of hydrogen-bond acceptors (Lipinski definition) is 3. The third-order valence-corrected chi connectivity index (χ3v) is 5.58. The minimum absolute atomic E-state index is 0.110. The molecule has 2 aromatic rings. The Morgan fingerprint density at radius 2 is 2.00 bits per heavy atom. The van der Waals surface area contributed by atoms with Gasteiger partial charge in [0.15, 0.2) is 0 Å². The van der Waals surface area contributed by atoms with Crippen molar-refractivity contribution < 1.29 is 9.59 Å². The van der Waals surface area contributed by atoms with Crippen molar-refractivity contribution in [2.45, 2.75) is 51.5 Å². The number of fused-ring (bicyclic) bond motifs is 1. The van der Waals surface area contributed by atoms with Crippen LogP contribution >= 0.6 is 0 Å². The number of carbonyl (C=O) groups is 2. The fourth-order valence-corrected chi connectivity index (χ4v) is 4.09. The summed E-state index contributed by atoms with van der Waals surface area (Å²) in [6.45, 7) is 4.32. The van der Waals surface area contributed by atoms with Crippen LogP contribution in [-0.2, 0) is 11.2 Å². The van der Waals surface area contributed by atoms with Crippen LogP contribution in [0.25, 0.3) is 11.0 Å². The summed E-state index contributed by atoms with van der Waals surface area (Å²) in [7, 11) is 0. The highest BCUT2D eigenvalue weighted by atomic mass is 16.2. The summed E-state index contributed by atoms with van der Waals surface area (Å²) < 4.78 is 0. The quantitative estimate of drug-likeness (QED) is 0.872. The van der Waals surface area contributed by atoms with E-state index in [1.54, 1.807) is 4.90 Å². The summed E-state index contributed by atoms with van der Waals surface area (Å²) in [5.41, 5.74) is 2.52. The van der Waals surface area contributed by atoms with Crippen molar-refractivity contribution in [1.29, 1.82) is 0 Å². The normalized spacial score (nSPS) is 20.3. The maximum absolute atomic E-state index is 12.9. The molecule has 7 heteroatoms. The standard InChI is InChI=1S/C20H27N5O2/c1-2-18-22-15-9-8-14(13-16(15)23-18)21-20(27)25-12-6-7-17(25)19(26)24-10-4-3-5-11-24/h8-9,13,17H,2-7,10-12H2,1H3,(H,21,27)(H,22,23)/t17-/m0/s1. The SMILES string of the molecule is CCc1nc2ccc(NC(=O)N3CCC[C@H]3C(=O)N3CCCCC3)cc2[nH]1. The number of piperidine rings is 1. The molecule has 0 bridgehead atoms. The molecule has 0 saturated carbocycles. The average Bonchev–Trinajstić information content (AvgIpc) is 3.34. The molecule has 0 spiro atoms. The Kier molecular flexibility index (Phi) is 5.01. The number of benzene rings is 1. The van der Waals surface area contributed by atoms with Crippen LogP contribution in [0.1, 0.15) is 44.9 Å². The minimum Gasteiger partial charge on any atom is -0.342 e. The van der Waals surface area contributed by atoms with Crippen molar-refractivity contribution in [3.63, 3.8) is 0 Å². The first-order valence-corrected chi connectivity index (χ1v) is 10.0.